The van der Waals surface area contributed by atoms with Crippen LogP contribution in [0.2, 0.25) is 0 Å². The summed E-state index contributed by atoms with van der Waals surface area (Å²) in [6.45, 7) is 5.85. The Morgan fingerprint density at radius 1 is 1.50 bits per heavy atom. The van der Waals surface area contributed by atoms with Crippen LogP contribution in [0.4, 0.5) is 0 Å². The maximum atomic E-state index is 11.8. The minimum absolute atomic E-state index is 0.0322. The number of ether oxygens (including phenoxy) is 1. The molecule has 1 aromatic carbocycles. The largest absolute Gasteiger partial charge is 0.481 e. The summed E-state index contributed by atoms with van der Waals surface area (Å²) in [4.78, 5) is 11.8. The minimum atomic E-state index is -0.599. The lowest BCUT2D eigenvalue weighted by atomic mass is 10.0. The van der Waals surface area contributed by atoms with E-state index in [0.29, 0.717) is 12.2 Å². The maximum absolute atomic E-state index is 11.8. The molecule has 3 N–H and O–H groups in total. The van der Waals surface area contributed by atoms with Gasteiger partial charge < -0.3 is 15.8 Å². The lowest BCUT2D eigenvalue weighted by Gasteiger charge is -2.18. The van der Waals surface area contributed by atoms with Gasteiger partial charge in [0.2, 0.25) is 0 Å². The van der Waals surface area contributed by atoms with Crippen molar-refractivity contribution in [3.8, 4) is 18.1 Å². The van der Waals surface area contributed by atoms with Crippen LogP contribution in [0.25, 0.3) is 0 Å². The third kappa shape index (κ3) is 4.94. The van der Waals surface area contributed by atoms with E-state index in [9.17, 15) is 4.79 Å². The van der Waals surface area contributed by atoms with E-state index in [1.165, 1.54) is 0 Å². The van der Waals surface area contributed by atoms with Gasteiger partial charge >= 0.3 is 0 Å². The van der Waals surface area contributed by atoms with Gasteiger partial charge in [-0.05, 0) is 38.8 Å². The molecular formula is C16H22N2O2. The number of rotatable bonds is 6. The first kappa shape index (κ1) is 16.1. The lowest BCUT2D eigenvalue weighted by molar-refractivity contribution is -0.127. The molecule has 4 heteroatoms. The molecule has 0 bridgehead atoms. The maximum Gasteiger partial charge on any atom is 0.261 e. The van der Waals surface area contributed by atoms with E-state index >= 15 is 0 Å². The molecular weight excluding hydrogens is 252 g/mol. The summed E-state index contributed by atoms with van der Waals surface area (Å²) in [6.07, 6.45) is 5.21. The average Bonchev–Trinajstić information content (AvgIpc) is 2.38. The number of terminal acetylenes is 1. The lowest BCUT2D eigenvalue weighted by Crippen LogP contribution is -2.36. The second-order valence-corrected chi connectivity index (χ2v) is 4.97. The van der Waals surface area contributed by atoms with Crippen molar-refractivity contribution in [3.05, 3.63) is 29.3 Å². The van der Waals surface area contributed by atoms with Gasteiger partial charge in [0.25, 0.3) is 5.91 Å². The van der Waals surface area contributed by atoms with Crippen molar-refractivity contribution in [3.63, 3.8) is 0 Å². The van der Waals surface area contributed by atoms with Gasteiger partial charge in [0, 0.05) is 6.04 Å². The van der Waals surface area contributed by atoms with E-state index in [1.54, 1.807) is 6.92 Å². The van der Waals surface area contributed by atoms with E-state index in [4.69, 9.17) is 16.9 Å². The molecule has 0 saturated carbocycles. The number of aryl methyl sites for hydroxylation is 1. The van der Waals surface area contributed by atoms with Crippen molar-refractivity contribution in [1.82, 2.24) is 5.32 Å². The van der Waals surface area contributed by atoms with Crippen molar-refractivity contribution < 1.29 is 9.53 Å². The van der Waals surface area contributed by atoms with Crippen LogP contribution in [0, 0.1) is 19.3 Å². The topological polar surface area (TPSA) is 64.3 Å². The van der Waals surface area contributed by atoms with E-state index in [1.807, 2.05) is 32.0 Å². The Hall–Kier alpha value is -1.99. The fourth-order valence-corrected chi connectivity index (χ4v) is 1.86. The Bertz CT molecular complexity index is 504. The van der Waals surface area contributed by atoms with Gasteiger partial charge in [-0.1, -0.05) is 23.6 Å². The number of carbonyl (C=O) groups excluding carboxylic acids is 1. The van der Waals surface area contributed by atoms with Gasteiger partial charge in [-0.25, -0.2) is 0 Å². The second-order valence-electron chi connectivity index (χ2n) is 4.97. The Balaban J connectivity index is 2.80. The molecule has 0 spiro atoms. The third-order valence-corrected chi connectivity index (χ3v) is 2.80. The summed E-state index contributed by atoms with van der Waals surface area (Å²) in [6, 6.07) is 5.89. The molecule has 0 radical (unpaired) electrons. The Morgan fingerprint density at radius 3 is 2.80 bits per heavy atom. The summed E-state index contributed by atoms with van der Waals surface area (Å²) in [5.74, 6) is 2.82. The first-order chi connectivity index (χ1) is 9.43. The molecule has 0 heterocycles. The molecule has 108 valence electrons. The van der Waals surface area contributed by atoms with Gasteiger partial charge in [0.1, 0.15) is 5.75 Å². The molecule has 0 fully saturated rings. The van der Waals surface area contributed by atoms with Crippen molar-refractivity contribution in [2.45, 2.75) is 39.3 Å². The van der Waals surface area contributed by atoms with Crippen LogP contribution in [-0.4, -0.2) is 24.6 Å². The van der Waals surface area contributed by atoms with Crippen LogP contribution in [0.3, 0.4) is 0 Å². The fraction of sp³-hybridized carbons (Fsp3) is 0.438. The molecule has 0 aliphatic heterocycles. The predicted molar refractivity (Wildman–Crippen MR) is 80.5 cm³/mol. The fourth-order valence-electron chi connectivity index (χ4n) is 1.86. The van der Waals surface area contributed by atoms with E-state index in [-0.39, 0.29) is 18.5 Å². The smallest absolute Gasteiger partial charge is 0.261 e. The summed E-state index contributed by atoms with van der Waals surface area (Å²) in [5.41, 5.74) is 7.99. The van der Waals surface area contributed by atoms with E-state index in [2.05, 4.69) is 11.2 Å². The van der Waals surface area contributed by atoms with Crippen molar-refractivity contribution in [2.24, 2.45) is 5.73 Å². The van der Waals surface area contributed by atoms with E-state index < -0.39 is 6.10 Å². The number of carbonyl (C=O) groups is 1. The van der Waals surface area contributed by atoms with Crippen molar-refractivity contribution in [1.29, 1.82) is 0 Å². The van der Waals surface area contributed by atoms with Gasteiger partial charge in [0.15, 0.2) is 6.10 Å². The second kappa shape index (κ2) is 7.56. The standard InChI is InChI=1S/C16H22N2O2/c1-5-8-18-16(19)13(4)20-15-7-6-11(2)9-14(15)10-12(3)17/h1,6-7,9,12-13H,8,10,17H2,2-4H3,(H,18,19). The number of hydrogen-bond acceptors (Lipinski definition) is 3. The molecule has 1 rings (SSSR count). The summed E-state index contributed by atoms with van der Waals surface area (Å²) in [7, 11) is 0. The van der Waals surface area contributed by atoms with Crippen molar-refractivity contribution >= 4 is 5.91 Å². The summed E-state index contributed by atoms with van der Waals surface area (Å²) in [5, 5.41) is 2.60. The van der Waals surface area contributed by atoms with Crippen LogP contribution in [0.5, 0.6) is 5.75 Å². The Morgan fingerprint density at radius 2 is 2.20 bits per heavy atom. The molecule has 0 saturated heterocycles. The molecule has 0 aliphatic carbocycles. The van der Waals surface area contributed by atoms with Crippen LogP contribution in [-0.2, 0) is 11.2 Å². The highest BCUT2D eigenvalue weighted by molar-refractivity contribution is 5.80. The quantitative estimate of drug-likeness (QED) is 0.771. The van der Waals surface area contributed by atoms with Crippen LogP contribution >= 0.6 is 0 Å². The molecule has 20 heavy (non-hydrogen) atoms. The number of nitrogens with two attached hydrogens (primary N) is 1. The zero-order valence-corrected chi connectivity index (χ0v) is 12.3. The zero-order valence-electron chi connectivity index (χ0n) is 12.3. The van der Waals surface area contributed by atoms with Gasteiger partial charge in [0.05, 0.1) is 6.54 Å². The van der Waals surface area contributed by atoms with Crippen molar-refractivity contribution in [2.75, 3.05) is 6.54 Å². The van der Waals surface area contributed by atoms with E-state index in [0.717, 1.165) is 11.1 Å². The molecule has 1 aromatic rings. The average molecular weight is 274 g/mol. The van der Waals surface area contributed by atoms with Crippen LogP contribution < -0.4 is 15.8 Å². The monoisotopic (exact) mass is 274 g/mol. The predicted octanol–water partition coefficient (Wildman–Crippen LogP) is 1.40. The summed E-state index contributed by atoms with van der Waals surface area (Å²) >= 11 is 0. The molecule has 2 unspecified atom stereocenters. The Kier molecular flexibility index (Phi) is 6.08. The zero-order chi connectivity index (χ0) is 15.1. The summed E-state index contributed by atoms with van der Waals surface area (Å²) < 4.78 is 5.72. The first-order valence-electron chi connectivity index (χ1n) is 6.67. The van der Waals surface area contributed by atoms with Gasteiger partial charge in [-0.2, -0.15) is 0 Å². The Labute approximate surface area is 120 Å². The first-order valence-corrected chi connectivity index (χ1v) is 6.67. The number of hydrogen-bond donors (Lipinski definition) is 2. The molecule has 4 nitrogen and oxygen atoms in total. The highest BCUT2D eigenvalue weighted by Gasteiger charge is 2.16. The van der Waals surface area contributed by atoms with Gasteiger partial charge in [-0.15, -0.1) is 6.42 Å². The number of nitrogens with one attached hydrogen (secondary N) is 1. The third-order valence-electron chi connectivity index (χ3n) is 2.80. The normalized spacial score (nSPS) is 13.2. The molecule has 2 atom stereocenters. The van der Waals surface area contributed by atoms with Gasteiger partial charge in [-0.3, -0.25) is 4.79 Å². The molecule has 0 aliphatic rings. The molecule has 1 amide bonds. The highest BCUT2D eigenvalue weighted by Crippen LogP contribution is 2.22. The number of amides is 1. The van der Waals surface area contributed by atoms with Crippen LogP contribution in [0.1, 0.15) is 25.0 Å². The molecule has 0 aromatic heterocycles. The van der Waals surface area contributed by atoms with Crippen LogP contribution in [0.15, 0.2) is 18.2 Å². The minimum Gasteiger partial charge on any atom is -0.481 e. The SMILES string of the molecule is C#CCNC(=O)C(C)Oc1ccc(C)cc1CC(C)N. The highest BCUT2D eigenvalue weighted by atomic mass is 16.5. The number of benzene rings is 1.